The van der Waals surface area contributed by atoms with Crippen molar-refractivity contribution in [3.05, 3.63) is 45.4 Å². The Balaban J connectivity index is 1.91. The second kappa shape index (κ2) is 7.24. The first-order chi connectivity index (χ1) is 10.1. The zero-order chi connectivity index (χ0) is 15.2. The minimum Gasteiger partial charge on any atom is -0.493 e. The van der Waals surface area contributed by atoms with Gasteiger partial charge in [-0.2, -0.15) is 5.26 Å². The first-order valence-corrected chi connectivity index (χ1v) is 7.96. The summed E-state index contributed by atoms with van der Waals surface area (Å²) < 4.78 is 5.81. The van der Waals surface area contributed by atoms with Crippen LogP contribution in [0.25, 0.3) is 0 Å². The number of rotatable bonds is 6. The minimum absolute atomic E-state index is 0.445. The van der Waals surface area contributed by atoms with Crippen LogP contribution in [-0.2, 0) is 12.8 Å². The van der Waals surface area contributed by atoms with E-state index in [-0.39, 0.29) is 0 Å². The molecular formula is C17H20N2OS. The lowest BCUT2D eigenvalue weighted by Gasteiger charge is -2.09. The van der Waals surface area contributed by atoms with Gasteiger partial charge in [-0.15, -0.1) is 11.3 Å². The molecule has 0 aliphatic heterocycles. The summed E-state index contributed by atoms with van der Waals surface area (Å²) in [7, 11) is 0. The van der Waals surface area contributed by atoms with Gasteiger partial charge in [0.25, 0.3) is 0 Å². The van der Waals surface area contributed by atoms with Gasteiger partial charge in [-0.1, -0.05) is 26.0 Å². The lowest BCUT2D eigenvalue weighted by Crippen LogP contribution is -2.01. The number of thiazole rings is 1. The molecule has 110 valence electrons. The molecule has 1 aromatic heterocycles. The highest BCUT2D eigenvalue weighted by Gasteiger charge is 2.07. The van der Waals surface area contributed by atoms with Gasteiger partial charge in [0.2, 0.25) is 0 Å². The first kappa shape index (κ1) is 15.5. The Labute approximate surface area is 130 Å². The van der Waals surface area contributed by atoms with E-state index in [9.17, 15) is 0 Å². The molecule has 21 heavy (non-hydrogen) atoms. The smallest absolute Gasteiger partial charge is 0.119 e. The molecule has 0 saturated carbocycles. The molecule has 3 nitrogen and oxygen atoms in total. The molecule has 0 aliphatic rings. The van der Waals surface area contributed by atoms with E-state index in [0.717, 1.165) is 27.7 Å². The summed E-state index contributed by atoms with van der Waals surface area (Å²) in [6.07, 6.45) is 1.23. The fraction of sp³-hybridized carbons (Fsp3) is 0.412. The number of aryl methyl sites for hydroxylation is 1. The highest BCUT2D eigenvalue weighted by molar-refractivity contribution is 7.11. The quantitative estimate of drug-likeness (QED) is 0.800. The Morgan fingerprint density at radius 2 is 2.19 bits per heavy atom. The van der Waals surface area contributed by atoms with Gasteiger partial charge in [-0.05, 0) is 30.5 Å². The van der Waals surface area contributed by atoms with Crippen molar-refractivity contribution in [1.29, 1.82) is 5.26 Å². The summed E-state index contributed by atoms with van der Waals surface area (Å²) in [5.74, 6) is 1.41. The van der Waals surface area contributed by atoms with Crippen LogP contribution in [0.2, 0.25) is 0 Å². The molecule has 0 N–H and O–H groups in total. The monoisotopic (exact) mass is 300 g/mol. The van der Waals surface area contributed by atoms with E-state index in [0.29, 0.717) is 18.9 Å². The highest BCUT2D eigenvalue weighted by Crippen LogP contribution is 2.21. The summed E-state index contributed by atoms with van der Waals surface area (Å²) >= 11 is 1.61. The molecule has 0 saturated heterocycles. The van der Waals surface area contributed by atoms with Gasteiger partial charge in [-0.3, -0.25) is 0 Å². The molecule has 0 aliphatic carbocycles. The van der Waals surface area contributed by atoms with E-state index in [1.807, 2.05) is 19.1 Å². The number of aromatic nitrogens is 1. The normalized spacial score (nSPS) is 10.6. The maximum absolute atomic E-state index is 8.75. The van der Waals surface area contributed by atoms with Crippen molar-refractivity contribution in [2.75, 3.05) is 6.61 Å². The molecule has 0 spiro atoms. The SMILES string of the molecule is Cc1nc(CCOc2cccc(C(C)C)c2)sc1CC#N. The van der Waals surface area contributed by atoms with Crippen LogP contribution in [0.1, 0.15) is 40.9 Å². The van der Waals surface area contributed by atoms with Gasteiger partial charge in [0.05, 0.1) is 29.8 Å². The Kier molecular flexibility index (Phi) is 5.35. The van der Waals surface area contributed by atoms with Gasteiger partial charge in [-0.25, -0.2) is 4.98 Å². The maximum Gasteiger partial charge on any atom is 0.119 e. The second-order valence-corrected chi connectivity index (χ2v) is 6.44. The Hall–Kier alpha value is -1.86. The van der Waals surface area contributed by atoms with E-state index in [4.69, 9.17) is 10.00 Å². The van der Waals surface area contributed by atoms with E-state index in [1.54, 1.807) is 11.3 Å². The topological polar surface area (TPSA) is 45.9 Å². The minimum atomic E-state index is 0.445. The molecular weight excluding hydrogens is 280 g/mol. The number of nitriles is 1. The van der Waals surface area contributed by atoms with Gasteiger partial charge in [0.15, 0.2) is 0 Å². The van der Waals surface area contributed by atoms with E-state index in [2.05, 4.69) is 37.0 Å². The number of hydrogen-bond acceptors (Lipinski definition) is 4. The second-order valence-electron chi connectivity index (χ2n) is 5.28. The van der Waals surface area contributed by atoms with Gasteiger partial charge >= 0.3 is 0 Å². The van der Waals surface area contributed by atoms with Crippen LogP contribution >= 0.6 is 11.3 Å². The zero-order valence-electron chi connectivity index (χ0n) is 12.7. The number of benzene rings is 1. The Morgan fingerprint density at radius 1 is 1.38 bits per heavy atom. The van der Waals surface area contributed by atoms with E-state index in [1.165, 1.54) is 5.56 Å². The van der Waals surface area contributed by atoms with Crippen LogP contribution in [0.3, 0.4) is 0 Å². The van der Waals surface area contributed by atoms with Crippen LogP contribution in [0, 0.1) is 18.3 Å². The zero-order valence-corrected chi connectivity index (χ0v) is 13.5. The van der Waals surface area contributed by atoms with Gasteiger partial charge < -0.3 is 4.74 Å². The van der Waals surface area contributed by atoms with E-state index >= 15 is 0 Å². The fourth-order valence-corrected chi connectivity index (χ4v) is 3.03. The number of nitrogens with zero attached hydrogens (tertiary/aromatic N) is 2. The van der Waals surface area contributed by atoms with Crippen LogP contribution in [0.5, 0.6) is 5.75 Å². The molecule has 0 radical (unpaired) electrons. The summed E-state index contributed by atoms with van der Waals surface area (Å²) in [6, 6.07) is 10.4. The molecule has 4 heteroatoms. The van der Waals surface area contributed by atoms with Crippen LogP contribution in [0.15, 0.2) is 24.3 Å². The average molecular weight is 300 g/mol. The summed E-state index contributed by atoms with van der Waals surface area (Å²) in [5.41, 5.74) is 2.26. The third kappa shape index (κ3) is 4.30. The lowest BCUT2D eigenvalue weighted by molar-refractivity contribution is 0.321. The Morgan fingerprint density at radius 3 is 2.90 bits per heavy atom. The molecule has 0 bridgehead atoms. The summed E-state index contributed by atoms with van der Waals surface area (Å²) in [6.45, 7) is 6.92. The lowest BCUT2D eigenvalue weighted by atomic mass is 10.0. The predicted molar refractivity (Wildman–Crippen MR) is 85.9 cm³/mol. The van der Waals surface area contributed by atoms with Crippen molar-refractivity contribution in [1.82, 2.24) is 4.98 Å². The standard InChI is InChI=1S/C17H20N2OS/c1-12(2)14-5-4-6-15(11-14)20-10-8-17-19-13(3)16(21-17)7-9-18/h4-6,11-12H,7-8,10H2,1-3H3. The number of hydrogen-bond donors (Lipinski definition) is 0. The van der Waals surface area contributed by atoms with Gasteiger partial charge in [0.1, 0.15) is 5.75 Å². The van der Waals surface area contributed by atoms with Crippen molar-refractivity contribution in [2.24, 2.45) is 0 Å². The fourth-order valence-electron chi connectivity index (χ4n) is 2.05. The molecule has 2 aromatic rings. The van der Waals surface area contributed by atoms with Crippen molar-refractivity contribution in [3.8, 4) is 11.8 Å². The molecule has 2 rings (SSSR count). The van der Waals surface area contributed by atoms with Crippen molar-refractivity contribution in [3.63, 3.8) is 0 Å². The van der Waals surface area contributed by atoms with Crippen LogP contribution in [-0.4, -0.2) is 11.6 Å². The van der Waals surface area contributed by atoms with Crippen molar-refractivity contribution >= 4 is 11.3 Å². The van der Waals surface area contributed by atoms with Crippen molar-refractivity contribution < 1.29 is 4.74 Å². The molecule has 0 amide bonds. The average Bonchev–Trinajstić information content (AvgIpc) is 2.80. The third-order valence-electron chi connectivity index (χ3n) is 3.29. The maximum atomic E-state index is 8.75. The first-order valence-electron chi connectivity index (χ1n) is 7.15. The van der Waals surface area contributed by atoms with Crippen LogP contribution in [0.4, 0.5) is 0 Å². The molecule has 1 aromatic carbocycles. The molecule has 0 unspecified atom stereocenters. The van der Waals surface area contributed by atoms with Crippen molar-refractivity contribution in [2.45, 2.75) is 39.5 Å². The molecule has 0 atom stereocenters. The predicted octanol–water partition coefficient (Wildman–Crippen LogP) is 4.26. The molecule has 0 fully saturated rings. The summed E-state index contributed by atoms with van der Waals surface area (Å²) in [4.78, 5) is 5.56. The summed E-state index contributed by atoms with van der Waals surface area (Å²) in [5, 5.41) is 9.79. The third-order valence-corrected chi connectivity index (χ3v) is 4.50. The van der Waals surface area contributed by atoms with E-state index < -0.39 is 0 Å². The largest absolute Gasteiger partial charge is 0.493 e. The van der Waals surface area contributed by atoms with Gasteiger partial charge in [0, 0.05) is 11.3 Å². The highest BCUT2D eigenvalue weighted by atomic mass is 32.1. The molecule has 1 heterocycles. The Bertz CT molecular complexity index is 640. The van der Waals surface area contributed by atoms with Crippen LogP contribution < -0.4 is 4.74 Å². The number of ether oxygens (including phenoxy) is 1.